The second-order valence-corrected chi connectivity index (χ2v) is 6.73. The zero-order valence-electron chi connectivity index (χ0n) is 14.2. The number of imidazole rings is 1. The van der Waals surface area contributed by atoms with Crippen LogP contribution in [-0.2, 0) is 13.6 Å². The van der Waals surface area contributed by atoms with Crippen LogP contribution in [0.5, 0.6) is 0 Å². The molecule has 138 valence electrons. The lowest BCUT2D eigenvalue weighted by atomic mass is 10.1. The molecule has 1 heterocycles. The van der Waals surface area contributed by atoms with E-state index in [4.69, 9.17) is 28.9 Å². The van der Waals surface area contributed by atoms with Gasteiger partial charge in [0.15, 0.2) is 5.78 Å². The number of nitro groups is 1. The molecule has 2 aromatic carbocycles. The summed E-state index contributed by atoms with van der Waals surface area (Å²) in [6.45, 7) is -0.00738. The number of halogens is 2. The Balaban J connectivity index is 1.93. The van der Waals surface area contributed by atoms with Crippen molar-refractivity contribution in [1.82, 2.24) is 4.57 Å². The van der Waals surface area contributed by atoms with Crippen LogP contribution < -0.4 is 10.3 Å². The van der Waals surface area contributed by atoms with Crippen LogP contribution >= 0.6 is 23.2 Å². The topological polar surface area (TPSA) is 95.0 Å². The van der Waals surface area contributed by atoms with E-state index in [1.54, 1.807) is 46.6 Å². The van der Waals surface area contributed by atoms with E-state index in [1.165, 1.54) is 18.2 Å². The molecular weight excluding hydrogens is 391 g/mol. The summed E-state index contributed by atoms with van der Waals surface area (Å²) in [5.41, 5.74) is 7.78. The number of nitrogens with two attached hydrogens (primary N) is 1. The van der Waals surface area contributed by atoms with Crippen molar-refractivity contribution in [1.29, 1.82) is 0 Å². The van der Waals surface area contributed by atoms with Crippen molar-refractivity contribution in [3.63, 3.8) is 0 Å². The van der Waals surface area contributed by atoms with Crippen molar-refractivity contribution in [3.05, 3.63) is 74.4 Å². The molecule has 3 aromatic rings. The number of non-ortho nitro benzene ring substituents is 1. The maximum atomic E-state index is 12.6. The monoisotopic (exact) mass is 405 g/mol. The number of anilines is 1. The molecule has 27 heavy (non-hydrogen) atoms. The first kappa shape index (κ1) is 18.9. The maximum Gasteiger partial charge on any atom is 0.355 e. The maximum absolute atomic E-state index is 12.6. The van der Waals surface area contributed by atoms with Crippen molar-refractivity contribution in [2.75, 3.05) is 5.73 Å². The molecule has 0 amide bonds. The van der Waals surface area contributed by atoms with Gasteiger partial charge >= 0.3 is 5.95 Å². The highest BCUT2D eigenvalue weighted by atomic mass is 35.5. The Morgan fingerprint density at radius 3 is 2.63 bits per heavy atom. The average Bonchev–Trinajstić information content (AvgIpc) is 2.92. The first-order valence-corrected chi connectivity index (χ1v) is 8.61. The number of hydrogen-bond donors (Lipinski definition) is 1. The van der Waals surface area contributed by atoms with Gasteiger partial charge in [-0.05, 0) is 18.2 Å². The SMILES string of the molecule is Cn1c(-c2cccc([N+](=O)[O-])c2)c[n+](CC(=O)c2ccc(Cl)c(Cl)c2)c1N. The molecule has 2 N–H and O–H groups in total. The molecule has 0 aliphatic carbocycles. The number of hydrogen-bond acceptors (Lipinski definition) is 4. The van der Waals surface area contributed by atoms with Gasteiger partial charge in [-0.25, -0.2) is 9.13 Å². The van der Waals surface area contributed by atoms with Crippen LogP contribution in [0.3, 0.4) is 0 Å². The molecule has 0 saturated heterocycles. The number of carbonyl (C=O) groups is 1. The van der Waals surface area contributed by atoms with E-state index < -0.39 is 4.92 Å². The fourth-order valence-corrected chi connectivity index (χ4v) is 3.00. The Morgan fingerprint density at radius 1 is 1.22 bits per heavy atom. The van der Waals surface area contributed by atoms with Crippen molar-refractivity contribution in [3.8, 4) is 11.3 Å². The zero-order valence-corrected chi connectivity index (χ0v) is 15.7. The quantitative estimate of drug-likeness (QED) is 0.303. The number of Topliss-reactive ketones (excluding diaryl/α,β-unsaturated/α-hetero) is 1. The second kappa shape index (κ2) is 7.38. The highest BCUT2D eigenvalue weighted by Gasteiger charge is 2.21. The van der Waals surface area contributed by atoms with E-state index in [9.17, 15) is 14.9 Å². The van der Waals surface area contributed by atoms with Crippen LogP contribution in [0.15, 0.2) is 48.7 Å². The van der Waals surface area contributed by atoms with Gasteiger partial charge in [-0.1, -0.05) is 35.3 Å². The fraction of sp³-hybridized carbons (Fsp3) is 0.111. The van der Waals surface area contributed by atoms with E-state index in [2.05, 4.69) is 0 Å². The molecule has 0 aliphatic heterocycles. The minimum Gasteiger partial charge on any atom is -0.291 e. The van der Waals surface area contributed by atoms with Gasteiger partial charge in [-0.15, -0.1) is 0 Å². The van der Waals surface area contributed by atoms with E-state index in [0.29, 0.717) is 32.8 Å². The van der Waals surface area contributed by atoms with Crippen LogP contribution in [-0.4, -0.2) is 15.3 Å². The van der Waals surface area contributed by atoms with E-state index in [1.807, 2.05) is 0 Å². The summed E-state index contributed by atoms with van der Waals surface area (Å²) in [6.07, 6.45) is 1.68. The number of nitro benzene ring substituents is 1. The number of nitrogen functional groups attached to an aromatic ring is 1. The summed E-state index contributed by atoms with van der Waals surface area (Å²) in [5, 5.41) is 11.7. The molecule has 1 aromatic heterocycles. The van der Waals surface area contributed by atoms with Gasteiger partial charge in [0.25, 0.3) is 5.69 Å². The summed E-state index contributed by atoms with van der Waals surface area (Å²) in [7, 11) is 1.73. The van der Waals surface area contributed by atoms with Gasteiger partial charge in [0.05, 0.1) is 22.0 Å². The van der Waals surface area contributed by atoms with E-state index in [0.717, 1.165) is 0 Å². The number of aromatic nitrogens is 2. The first-order valence-electron chi connectivity index (χ1n) is 7.85. The first-order chi connectivity index (χ1) is 12.8. The molecule has 0 bridgehead atoms. The lowest BCUT2D eigenvalue weighted by Crippen LogP contribution is -2.39. The molecule has 0 aliphatic rings. The molecule has 7 nitrogen and oxygen atoms in total. The predicted molar refractivity (Wildman–Crippen MR) is 103 cm³/mol. The summed E-state index contributed by atoms with van der Waals surface area (Å²) >= 11 is 11.8. The van der Waals surface area contributed by atoms with Crippen molar-refractivity contribution in [2.24, 2.45) is 7.05 Å². The largest absolute Gasteiger partial charge is 0.355 e. The van der Waals surface area contributed by atoms with Gasteiger partial charge in [0.2, 0.25) is 0 Å². The Kier molecular flexibility index (Phi) is 5.16. The number of benzene rings is 2. The average molecular weight is 406 g/mol. The van der Waals surface area contributed by atoms with Crippen molar-refractivity contribution in [2.45, 2.75) is 6.54 Å². The summed E-state index contributed by atoms with van der Waals surface area (Å²) in [5.74, 6) is 0.145. The number of nitrogens with zero attached hydrogens (tertiary/aromatic N) is 3. The van der Waals surface area contributed by atoms with Gasteiger partial charge in [0.1, 0.15) is 18.4 Å². The smallest absolute Gasteiger partial charge is 0.291 e. The van der Waals surface area contributed by atoms with Crippen LogP contribution in [0.1, 0.15) is 10.4 Å². The van der Waals surface area contributed by atoms with Crippen LogP contribution in [0.2, 0.25) is 10.0 Å². The molecule has 0 atom stereocenters. The van der Waals surface area contributed by atoms with Gasteiger partial charge in [0, 0.05) is 23.3 Å². The number of carbonyl (C=O) groups excluding carboxylic acids is 1. The van der Waals surface area contributed by atoms with Gasteiger partial charge < -0.3 is 0 Å². The number of rotatable bonds is 5. The Bertz CT molecular complexity index is 1060. The van der Waals surface area contributed by atoms with Crippen molar-refractivity contribution >= 4 is 40.6 Å². The predicted octanol–water partition coefficient (Wildman–Crippen LogP) is 3.66. The Hall–Kier alpha value is -2.90. The Morgan fingerprint density at radius 2 is 1.96 bits per heavy atom. The zero-order chi connectivity index (χ0) is 19.7. The van der Waals surface area contributed by atoms with Gasteiger partial charge in [-0.3, -0.25) is 20.6 Å². The fourth-order valence-electron chi connectivity index (χ4n) is 2.71. The van der Waals surface area contributed by atoms with Crippen molar-refractivity contribution < 1.29 is 14.3 Å². The van der Waals surface area contributed by atoms with Crippen LogP contribution in [0.25, 0.3) is 11.3 Å². The summed E-state index contributed by atoms with van der Waals surface area (Å²) < 4.78 is 3.25. The lowest BCUT2D eigenvalue weighted by Gasteiger charge is -2.02. The third-order valence-corrected chi connectivity index (χ3v) is 4.92. The molecule has 0 fully saturated rings. The van der Waals surface area contributed by atoms with E-state index in [-0.39, 0.29) is 18.0 Å². The molecule has 0 radical (unpaired) electrons. The Labute approximate surface area is 164 Å². The molecular formula is C18H15Cl2N4O3+. The molecule has 3 rings (SSSR count). The summed E-state index contributed by atoms with van der Waals surface area (Å²) in [6, 6.07) is 10.9. The molecule has 9 heteroatoms. The molecule has 0 spiro atoms. The second-order valence-electron chi connectivity index (χ2n) is 5.92. The minimum atomic E-state index is -0.461. The molecule has 0 saturated carbocycles. The van der Waals surface area contributed by atoms with Crippen LogP contribution in [0, 0.1) is 10.1 Å². The third kappa shape index (κ3) is 3.79. The van der Waals surface area contributed by atoms with E-state index >= 15 is 0 Å². The number of ketones is 1. The third-order valence-electron chi connectivity index (χ3n) is 4.19. The normalized spacial score (nSPS) is 10.8. The van der Waals surface area contributed by atoms with Gasteiger partial charge in [-0.2, -0.15) is 0 Å². The highest BCUT2D eigenvalue weighted by molar-refractivity contribution is 6.42. The standard InChI is InChI=1S/C18H14Cl2N4O3/c1-22-16(11-3-2-4-13(7-11)24(26)27)9-23(18(22)21)10-17(25)12-5-6-14(19)15(20)8-12/h2-9,21H,10H2,1H3/p+1. The lowest BCUT2D eigenvalue weighted by molar-refractivity contribution is -0.667. The summed E-state index contributed by atoms with van der Waals surface area (Å²) in [4.78, 5) is 23.1. The highest BCUT2D eigenvalue weighted by Crippen LogP contribution is 2.25. The molecule has 0 unspecified atom stereocenters. The minimum absolute atomic E-state index is 0.00738. The van der Waals surface area contributed by atoms with Crippen LogP contribution in [0.4, 0.5) is 11.6 Å².